The molecular weight excluding hydrogens is 344 g/mol. The first-order valence-electron chi connectivity index (χ1n) is 9.06. The fourth-order valence-electron chi connectivity index (χ4n) is 3.92. The van der Waals surface area contributed by atoms with Gasteiger partial charge in [0.05, 0.1) is 11.0 Å². The SMILES string of the molecule is O=C(OCc1ccccc1)N1C2C=C(c3ccc([N+](=O)[O-])cc3)CC1CC2. The summed E-state index contributed by atoms with van der Waals surface area (Å²) in [5, 5.41) is 10.8. The number of non-ortho nitro benzene ring substituents is 1. The summed E-state index contributed by atoms with van der Waals surface area (Å²) in [5.41, 5.74) is 3.18. The maximum atomic E-state index is 12.6. The Bertz CT molecular complexity index is 877. The van der Waals surface area contributed by atoms with E-state index in [2.05, 4.69) is 6.08 Å². The average Bonchev–Trinajstić information content (AvgIpc) is 2.96. The summed E-state index contributed by atoms with van der Waals surface area (Å²) in [6.07, 6.45) is 4.44. The largest absolute Gasteiger partial charge is 0.445 e. The maximum Gasteiger partial charge on any atom is 0.410 e. The van der Waals surface area contributed by atoms with E-state index in [1.165, 1.54) is 12.1 Å². The smallest absolute Gasteiger partial charge is 0.410 e. The van der Waals surface area contributed by atoms with Crippen LogP contribution in [0.25, 0.3) is 5.57 Å². The molecule has 2 aliphatic heterocycles. The Labute approximate surface area is 157 Å². The number of carbonyl (C=O) groups is 1. The van der Waals surface area contributed by atoms with Crippen LogP contribution in [-0.2, 0) is 11.3 Å². The van der Waals surface area contributed by atoms with Gasteiger partial charge in [0.2, 0.25) is 0 Å². The first kappa shape index (κ1) is 17.3. The highest BCUT2D eigenvalue weighted by atomic mass is 16.6. The van der Waals surface area contributed by atoms with Crippen LogP contribution < -0.4 is 0 Å². The Kier molecular flexibility index (Phi) is 4.62. The van der Waals surface area contributed by atoms with E-state index >= 15 is 0 Å². The van der Waals surface area contributed by atoms with Crippen LogP contribution in [0.5, 0.6) is 0 Å². The van der Waals surface area contributed by atoms with Gasteiger partial charge < -0.3 is 4.74 Å². The lowest BCUT2D eigenvalue weighted by Crippen LogP contribution is -2.43. The molecule has 2 unspecified atom stereocenters. The molecule has 27 heavy (non-hydrogen) atoms. The molecule has 0 radical (unpaired) electrons. The third-order valence-electron chi connectivity index (χ3n) is 5.26. The van der Waals surface area contributed by atoms with E-state index in [-0.39, 0.29) is 30.5 Å². The van der Waals surface area contributed by atoms with Crippen molar-refractivity contribution in [2.24, 2.45) is 0 Å². The first-order valence-corrected chi connectivity index (χ1v) is 9.06. The van der Waals surface area contributed by atoms with Gasteiger partial charge in [-0.3, -0.25) is 15.0 Å². The number of amides is 1. The second kappa shape index (κ2) is 7.23. The molecule has 6 heteroatoms. The fourth-order valence-corrected chi connectivity index (χ4v) is 3.92. The van der Waals surface area contributed by atoms with Crippen LogP contribution in [0.4, 0.5) is 10.5 Å². The van der Waals surface area contributed by atoms with Gasteiger partial charge in [-0.25, -0.2) is 4.79 Å². The molecule has 2 heterocycles. The van der Waals surface area contributed by atoms with E-state index < -0.39 is 4.92 Å². The number of nitro benzene ring substituents is 1. The molecule has 0 aromatic heterocycles. The van der Waals surface area contributed by atoms with Crippen LogP contribution in [0.1, 0.15) is 30.4 Å². The van der Waals surface area contributed by atoms with Crippen LogP contribution in [0.15, 0.2) is 60.7 Å². The molecule has 1 saturated heterocycles. The van der Waals surface area contributed by atoms with Crippen LogP contribution in [-0.4, -0.2) is 28.0 Å². The summed E-state index contributed by atoms with van der Waals surface area (Å²) in [6, 6.07) is 16.4. The summed E-state index contributed by atoms with van der Waals surface area (Å²) in [7, 11) is 0. The summed E-state index contributed by atoms with van der Waals surface area (Å²) < 4.78 is 5.51. The van der Waals surface area contributed by atoms with Gasteiger partial charge in [0, 0.05) is 18.2 Å². The lowest BCUT2D eigenvalue weighted by Gasteiger charge is -2.33. The molecule has 0 saturated carbocycles. The number of hydrogen-bond acceptors (Lipinski definition) is 4. The molecule has 4 rings (SSSR count). The minimum atomic E-state index is -0.396. The zero-order valence-electron chi connectivity index (χ0n) is 14.8. The van der Waals surface area contributed by atoms with Crippen molar-refractivity contribution >= 4 is 17.4 Å². The molecule has 2 atom stereocenters. The molecule has 0 spiro atoms. The number of fused-ring (bicyclic) bond motifs is 2. The predicted octanol–water partition coefficient (Wildman–Crippen LogP) is 4.55. The van der Waals surface area contributed by atoms with Gasteiger partial charge in [-0.2, -0.15) is 0 Å². The van der Waals surface area contributed by atoms with Gasteiger partial charge in [0.15, 0.2) is 0 Å². The fraction of sp³-hybridized carbons (Fsp3) is 0.286. The number of ether oxygens (including phenoxy) is 1. The molecule has 1 amide bonds. The highest BCUT2D eigenvalue weighted by Gasteiger charge is 2.40. The lowest BCUT2D eigenvalue weighted by molar-refractivity contribution is -0.384. The van der Waals surface area contributed by atoms with Crippen LogP contribution in [0.3, 0.4) is 0 Å². The van der Waals surface area contributed by atoms with E-state index in [9.17, 15) is 14.9 Å². The monoisotopic (exact) mass is 364 g/mol. The van der Waals surface area contributed by atoms with Gasteiger partial charge in [-0.05, 0) is 48.1 Å². The van der Waals surface area contributed by atoms with Crippen molar-refractivity contribution in [2.75, 3.05) is 0 Å². The van der Waals surface area contributed by atoms with E-state index in [0.29, 0.717) is 0 Å². The summed E-state index contributed by atoms with van der Waals surface area (Å²) >= 11 is 0. The number of nitro groups is 1. The Hall–Kier alpha value is -3.15. The maximum absolute atomic E-state index is 12.6. The number of carbonyl (C=O) groups excluding carboxylic acids is 1. The van der Waals surface area contributed by atoms with Crippen molar-refractivity contribution < 1.29 is 14.5 Å². The molecule has 2 bridgehead atoms. The van der Waals surface area contributed by atoms with Gasteiger partial charge in [0.1, 0.15) is 6.61 Å². The molecule has 2 aromatic rings. The van der Waals surface area contributed by atoms with Gasteiger partial charge in [0.25, 0.3) is 5.69 Å². The predicted molar refractivity (Wildman–Crippen MR) is 101 cm³/mol. The summed E-state index contributed by atoms with van der Waals surface area (Å²) in [6.45, 7) is 0.272. The normalized spacial score (nSPS) is 20.9. The first-order chi connectivity index (χ1) is 13.1. The molecule has 1 fully saturated rings. The van der Waals surface area contributed by atoms with E-state index in [0.717, 1.165) is 36.0 Å². The number of nitrogens with zero attached hydrogens (tertiary/aromatic N) is 2. The van der Waals surface area contributed by atoms with Gasteiger partial charge in [-0.1, -0.05) is 36.4 Å². The Morgan fingerprint density at radius 3 is 2.52 bits per heavy atom. The van der Waals surface area contributed by atoms with Gasteiger partial charge in [-0.15, -0.1) is 0 Å². The molecule has 0 N–H and O–H groups in total. The standard InChI is InChI=1S/C21H20N2O4/c24-21(27-14-15-4-2-1-3-5-15)22-19-10-11-20(22)13-17(12-19)16-6-8-18(9-7-16)23(25)26/h1-9,12,19-20H,10-11,13-14H2. The zero-order valence-corrected chi connectivity index (χ0v) is 14.8. The third-order valence-corrected chi connectivity index (χ3v) is 5.26. The molecule has 0 aliphatic carbocycles. The van der Waals surface area contributed by atoms with Crippen molar-refractivity contribution in [3.8, 4) is 0 Å². The van der Waals surface area contributed by atoms with E-state index in [4.69, 9.17) is 4.74 Å². The highest BCUT2D eigenvalue weighted by molar-refractivity contribution is 5.75. The van der Waals surface area contributed by atoms with Gasteiger partial charge >= 0.3 is 6.09 Å². The van der Waals surface area contributed by atoms with Crippen molar-refractivity contribution in [1.82, 2.24) is 4.90 Å². The van der Waals surface area contributed by atoms with E-state index in [1.54, 1.807) is 12.1 Å². The minimum absolute atomic E-state index is 0.0252. The molecule has 2 aromatic carbocycles. The number of hydrogen-bond donors (Lipinski definition) is 0. The van der Waals surface area contributed by atoms with Crippen molar-refractivity contribution in [3.63, 3.8) is 0 Å². The second-order valence-electron chi connectivity index (χ2n) is 6.95. The van der Waals surface area contributed by atoms with Crippen molar-refractivity contribution in [3.05, 3.63) is 81.9 Å². The second-order valence-corrected chi connectivity index (χ2v) is 6.95. The summed E-state index contributed by atoms with van der Waals surface area (Å²) in [5.74, 6) is 0. The number of benzene rings is 2. The van der Waals surface area contributed by atoms with Crippen molar-refractivity contribution in [1.29, 1.82) is 0 Å². The third kappa shape index (κ3) is 3.56. The number of rotatable bonds is 4. The van der Waals surface area contributed by atoms with Crippen LogP contribution in [0, 0.1) is 10.1 Å². The zero-order chi connectivity index (χ0) is 18.8. The minimum Gasteiger partial charge on any atom is -0.445 e. The quantitative estimate of drug-likeness (QED) is 0.589. The van der Waals surface area contributed by atoms with Crippen LogP contribution in [0.2, 0.25) is 0 Å². The Morgan fingerprint density at radius 2 is 1.85 bits per heavy atom. The lowest BCUT2D eigenvalue weighted by atomic mass is 9.95. The Morgan fingerprint density at radius 1 is 1.11 bits per heavy atom. The van der Waals surface area contributed by atoms with Crippen molar-refractivity contribution in [2.45, 2.75) is 38.0 Å². The van der Waals surface area contributed by atoms with E-state index in [1.807, 2.05) is 35.2 Å². The van der Waals surface area contributed by atoms with Crippen LogP contribution >= 0.6 is 0 Å². The average molecular weight is 364 g/mol. The Balaban J connectivity index is 1.45. The molecule has 6 nitrogen and oxygen atoms in total. The topological polar surface area (TPSA) is 72.7 Å². The molecule has 2 aliphatic rings. The molecule has 138 valence electrons. The summed E-state index contributed by atoms with van der Waals surface area (Å²) in [4.78, 5) is 24.9. The highest BCUT2D eigenvalue weighted by Crippen LogP contribution is 2.39. The molecular formula is C21H20N2O4.